The average Bonchev–Trinajstić information content (AvgIpc) is 3.18. The van der Waals surface area contributed by atoms with E-state index in [4.69, 9.17) is 0 Å². The van der Waals surface area contributed by atoms with Crippen molar-refractivity contribution in [2.45, 2.75) is 31.1 Å². The second kappa shape index (κ2) is 6.22. The van der Waals surface area contributed by atoms with Gasteiger partial charge < -0.3 is 10.6 Å². The van der Waals surface area contributed by atoms with Crippen molar-refractivity contribution in [1.82, 2.24) is 20.4 Å². The number of rotatable bonds is 6. The van der Waals surface area contributed by atoms with E-state index in [0.717, 1.165) is 29.3 Å². The number of nitrogens with zero attached hydrogens (tertiary/aromatic N) is 4. The topological polar surface area (TPSA) is 110 Å². The molecule has 2 atom stereocenters. The Morgan fingerprint density at radius 2 is 1.33 bits per heavy atom. The average molecular weight is 324 g/mol. The van der Waals surface area contributed by atoms with Gasteiger partial charge in [0.05, 0.1) is 0 Å². The summed E-state index contributed by atoms with van der Waals surface area (Å²) in [6, 6.07) is 0. The highest BCUT2D eigenvalue weighted by atomic mass is 32.1. The van der Waals surface area contributed by atoms with E-state index in [0.29, 0.717) is 34.9 Å². The summed E-state index contributed by atoms with van der Waals surface area (Å²) in [6.45, 7) is 0. The summed E-state index contributed by atoms with van der Waals surface area (Å²) in [5.74, 6) is 0.669. The number of hydrogen-bond donors (Lipinski definition) is 2. The summed E-state index contributed by atoms with van der Waals surface area (Å²) in [5.41, 5.74) is 0. The lowest BCUT2D eigenvalue weighted by Crippen LogP contribution is -1.95. The maximum atomic E-state index is 10.4. The maximum absolute atomic E-state index is 10.4. The van der Waals surface area contributed by atoms with Crippen LogP contribution in [0.25, 0.3) is 0 Å². The van der Waals surface area contributed by atoms with E-state index in [9.17, 15) is 9.59 Å². The molecule has 2 aromatic rings. The summed E-state index contributed by atoms with van der Waals surface area (Å²) in [7, 11) is 0. The van der Waals surface area contributed by atoms with Crippen LogP contribution < -0.4 is 10.6 Å². The smallest absolute Gasteiger partial charge is 0.213 e. The zero-order valence-electron chi connectivity index (χ0n) is 10.9. The molecule has 1 saturated carbocycles. The Bertz CT molecular complexity index is 588. The number of carbonyl (C=O) groups is 2. The van der Waals surface area contributed by atoms with Crippen molar-refractivity contribution in [3.8, 4) is 0 Å². The van der Waals surface area contributed by atoms with E-state index < -0.39 is 0 Å². The number of amides is 2. The first-order chi connectivity index (χ1) is 10.3. The fourth-order valence-corrected chi connectivity index (χ4v) is 4.15. The van der Waals surface area contributed by atoms with Gasteiger partial charge in [-0.2, -0.15) is 0 Å². The van der Waals surface area contributed by atoms with Gasteiger partial charge in [0.25, 0.3) is 0 Å². The van der Waals surface area contributed by atoms with Crippen LogP contribution >= 0.6 is 22.7 Å². The van der Waals surface area contributed by atoms with Crippen LogP contribution in [-0.2, 0) is 9.59 Å². The van der Waals surface area contributed by atoms with E-state index in [-0.39, 0.29) is 0 Å². The summed E-state index contributed by atoms with van der Waals surface area (Å²) in [4.78, 5) is 20.8. The third-order valence-corrected chi connectivity index (χ3v) is 5.41. The van der Waals surface area contributed by atoms with Gasteiger partial charge in [0, 0.05) is 11.8 Å². The minimum Gasteiger partial charge on any atom is -0.303 e. The Labute approximate surface area is 128 Å². The molecule has 0 unspecified atom stereocenters. The molecule has 0 aliphatic heterocycles. The molecule has 3 rings (SSSR count). The van der Waals surface area contributed by atoms with Gasteiger partial charge in [-0.25, -0.2) is 0 Å². The van der Waals surface area contributed by atoms with Gasteiger partial charge in [0.2, 0.25) is 23.1 Å². The maximum Gasteiger partial charge on any atom is 0.213 e. The van der Waals surface area contributed by atoms with Gasteiger partial charge >= 0.3 is 0 Å². The zero-order chi connectivity index (χ0) is 14.7. The van der Waals surface area contributed by atoms with Crippen LogP contribution in [0.3, 0.4) is 0 Å². The zero-order valence-corrected chi connectivity index (χ0v) is 12.5. The lowest BCUT2D eigenvalue weighted by Gasteiger charge is -2.05. The van der Waals surface area contributed by atoms with Crippen LogP contribution in [0.15, 0.2) is 0 Å². The minimum absolute atomic E-state index is 0.334. The van der Waals surface area contributed by atoms with Crippen LogP contribution in [0.5, 0.6) is 0 Å². The first kappa shape index (κ1) is 14.0. The predicted octanol–water partition coefficient (Wildman–Crippen LogP) is 1.58. The molecule has 110 valence electrons. The number of nitrogens with one attached hydrogen (secondary N) is 2. The van der Waals surface area contributed by atoms with Gasteiger partial charge in [-0.1, -0.05) is 22.7 Å². The van der Waals surface area contributed by atoms with Crippen molar-refractivity contribution in [2.75, 3.05) is 10.6 Å². The summed E-state index contributed by atoms with van der Waals surface area (Å²) < 4.78 is 0. The largest absolute Gasteiger partial charge is 0.303 e. The highest BCUT2D eigenvalue weighted by Crippen LogP contribution is 2.45. The fourth-order valence-electron chi connectivity index (χ4n) is 2.45. The monoisotopic (exact) mass is 324 g/mol. The van der Waals surface area contributed by atoms with Gasteiger partial charge in [-0.3, -0.25) is 9.59 Å². The molecule has 2 N–H and O–H groups in total. The van der Waals surface area contributed by atoms with Crippen molar-refractivity contribution in [3.05, 3.63) is 10.0 Å². The van der Waals surface area contributed by atoms with Crippen molar-refractivity contribution >= 4 is 45.8 Å². The van der Waals surface area contributed by atoms with Gasteiger partial charge in [0.15, 0.2) is 0 Å². The number of hydrogen-bond acceptors (Lipinski definition) is 8. The Hall–Kier alpha value is -1.94. The molecule has 10 heteroatoms. The summed E-state index contributed by atoms with van der Waals surface area (Å²) in [5, 5.41) is 24.1. The quantitative estimate of drug-likeness (QED) is 0.781. The van der Waals surface area contributed by atoms with Crippen LogP contribution in [0.2, 0.25) is 0 Å². The van der Waals surface area contributed by atoms with Crippen LogP contribution in [0.4, 0.5) is 10.3 Å². The van der Waals surface area contributed by atoms with Crippen molar-refractivity contribution in [3.63, 3.8) is 0 Å². The molecule has 0 spiro atoms. The number of anilines is 2. The Morgan fingerprint density at radius 3 is 1.76 bits per heavy atom. The molecule has 2 heterocycles. The SMILES string of the molecule is O=CNc1nnc([C@@H]2CC[C@@H](c3nnc(NC=O)s3)C2)s1. The number of aromatic nitrogens is 4. The molecule has 0 bridgehead atoms. The number of carbonyl (C=O) groups excluding carboxylic acids is 2. The van der Waals surface area contributed by atoms with Crippen LogP contribution in [0, 0.1) is 0 Å². The van der Waals surface area contributed by atoms with Gasteiger partial charge in [0.1, 0.15) is 10.0 Å². The molecule has 2 amide bonds. The normalized spacial score (nSPS) is 21.1. The first-order valence-corrected chi connectivity index (χ1v) is 8.00. The molecule has 8 nitrogen and oxygen atoms in total. The standard InChI is InChI=1S/C11H12N6O2S2/c18-4-12-10-16-14-8(20-10)6-1-2-7(3-6)9-15-17-11(21-9)13-5-19/h4-7H,1-3H2,(H,12,16,18)(H,13,17,19)/t6-,7-/m1/s1. The molecule has 21 heavy (non-hydrogen) atoms. The van der Waals surface area contributed by atoms with E-state index in [1.807, 2.05) is 0 Å². The second-order valence-electron chi connectivity index (χ2n) is 4.62. The Kier molecular flexibility index (Phi) is 4.15. The van der Waals surface area contributed by atoms with E-state index in [2.05, 4.69) is 31.0 Å². The highest BCUT2D eigenvalue weighted by molar-refractivity contribution is 7.15. The molecule has 0 radical (unpaired) electrons. The molecule has 1 aliphatic rings. The lowest BCUT2D eigenvalue weighted by molar-refractivity contribution is -0.106. The van der Waals surface area contributed by atoms with Gasteiger partial charge in [-0.05, 0) is 19.3 Å². The van der Waals surface area contributed by atoms with E-state index in [1.165, 1.54) is 22.7 Å². The summed E-state index contributed by atoms with van der Waals surface area (Å²) in [6.07, 6.45) is 4.16. The lowest BCUT2D eigenvalue weighted by atomic mass is 10.1. The summed E-state index contributed by atoms with van der Waals surface area (Å²) >= 11 is 2.82. The van der Waals surface area contributed by atoms with E-state index in [1.54, 1.807) is 0 Å². The van der Waals surface area contributed by atoms with Crippen LogP contribution in [0.1, 0.15) is 41.1 Å². The van der Waals surface area contributed by atoms with Crippen molar-refractivity contribution < 1.29 is 9.59 Å². The second-order valence-corrected chi connectivity index (χ2v) is 6.64. The van der Waals surface area contributed by atoms with E-state index >= 15 is 0 Å². The first-order valence-electron chi connectivity index (χ1n) is 6.37. The Morgan fingerprint density at radius 1 is 0.857 bits per heavy atom. The molecular formula is C11H12N6O2S2. The molecule has 1 fully saturated rings. The molecule has 2 aromatic heterocycles. The third-order valence-electron chi connectivity index (χ3n) is 3.38. The third kappa shape index (κ3) is 3.05. The van der Waals surface area contributed by atoms with Crippen molar-refractivity contribution in [2.24, 2.45) is 0 Å². The van der Waals surface area contributed by atoms with Crippen LogP contribution in [-0.4, -0.2) is 33.2 Å². The molecule has 0 aromatic carbocycles. The molecular weight excluding hydrogens is 312 g/mol. The minimum atomic E-state index is 0.334. The van der Waals surface area contributed by atoms with Crippen molar-refractivity contribution in [1.29, 1.82) is 0 Å². The fraction of sp³-hybridized carbons (Fsp3) is 0.455. The van der Waals surface area contributed by atoms with Gasteiger partial charge in [-0.15, -0.1) is 20.4 Å². The predicted molar refractivity (Wildman–Crippen MR) is 78.5 cm³/mol. The molecule has 1 aliphatic carbocycles. The molecule has 0 saturated heterocycles. The highest BCUT2D eigenvalue weighted by Gasteiger charge is 2.31. The Balaban J connectivity index is 1.66.